The molecule has 0 bridgehead atoms. The number of rotatable bonds is 6. The van der Waals surface area contributed by atoms with Crippen molar-refractivity contribution in [1.29, 1.82) is 0 Å². The second-order valence-electron chi connectivity index (χ2n) is 5.39. The van der Waals surface area contributed by atoms with Gasteiger partial charge in [0.05, 0.1) is 5.39 Å². The first-order valence-electron chi connectivity index (χ1n) is 7.59. The van der Waals surface area contributed by atoms with Crippen LogP contribution in [0.4, 0.5) is 0 Å². The highest BCUT2D eigenvalue weighted by Gasteiger charge is 2.21. The van der Waals surface area contributed by atoms with Crippen LogP contribution in [0.3, 0.4) is 0 Å². The predicted octanol–water partition coefficient (Wildman–Crippen LogP) is 3.26. The molecule has 3 rings (SSSR count). The average molecular weight is 324 g/mol. The molecule has 1 aromatic heterocycles. The largest absolute Gasteiger partial charge is 0.479 e. The molecule has 1 atom stereocenters. The molecule has 0 aliphatic rings. The number of benzene rings is 2. The standard InChI is InChI=1S/C19H16O5/c20-18-14-8-4-5-9-15(14)23-12-17(18)24-16(19(21)22)11-10-13-6-2-1-3-7-13/h1-9,12,16H,10-11H2,(H,21,22). The molecule has 5 heteroatoms. The average Bonchev–Trinajstić information content (AvgIpc) is 2.61. The Morgan fingerprint density at radius 1 is 1.08 bits per heavy atom. The van der Waals surface area contributed by atoms with Crippen LogP contribution in [0.1, 0.15) is 12.0 Å². The van der Waals surface area contributed by atoms with Crippen LogP contribution in [0.5, 0.6) is 5.75 Å². The van der Waals surface area contributed by atoms with E-state index in [-0.39, 0.29) is 17.6 Å². The molecule has 5 nitrogen and oxygen atoms in total. The van der Waals surface area contributed by atoms with Gasteiger partial charge in [0.2, 0.25) is 11.2 Å². The summed E-state index contributed by atoms with van der Waals surface area (Å²) in [5.41, 5.74) is 1.08. The second kappa shape index (κ2) is 7.00. The quantitative estimate of drug-likeness (QED) is 0.753. The minimum Gasteiger partial charge on any atom is -0.479 e. The highest BCUT2D eigenvalue weighted by atomic mass is 16.5. The summed E-state index contributed by atoms with van der Waals surface area (Å²) in [5.74, 6) is -1.20. The number of carbonyl (C=O) groups is 1. The Labute approximate surface area is 138 Å². The Kier molecular flexibility index (Phi) is 4.61. The molecule has 1 N–H and O–H groups in total. The SMILES string of the molecule is O=C(O)C(CCc1ccccc1)Oc1coc2ccccc2c1=O. The lowest BCUT2D eigenvalue weighted by molar-refractivity contribution is -0.145. The van der Waals surface area contributed by atoms with Crippen molar-refractivity contribution in [3.05, 3.63) is 76.6 Å². The molecule has 0 saturated carbocycles. The van der Waals surface area contributed by atoms with E-state index in [0.717, 1.165) is 5.56 Å². The fourth-order valence-electron chi connectivity index (χ4n) is 2.47. The second-order valence-corrected chi connectivity index (χ2v) is 5.39. The molecular weight excluding hydrogens is 308 g/mol. The van der Waals surface area contributed by atoms with Gasteiger partial charge in [0.15, 0.2) is 6.10 Å². The molecule has 0 aliphatic heterocycles. The highest BCUT2D eigenvalue weighted by molar-refractivity contribution is 5.77. The van der Waals surface area contributed by atoms with Gasteiger partial charge in [-0.25, -0.2) is 4.79 Å². The van der Waals surface area contributed by atoms with Crippen LogP contribution < -0.4 is 10.2 Å². The topological polar surface area (TPSA) is 76.7 Å². The summed E-state index contributed by atoms with van der Waals surface area (Å²) in [6, 6.07) is 16.3. The van der Waals surface area contributed by atoms with Crippen molar-refractivity contribution in [2.24, 2.45) is 0 Å². The third-order valence-electron chi connectivity index (χ3n) is 3.73. The van der Waals surface area contributed by atoms with Gasteiger partial charge >= 0.3 is 5.97 Å². The molecule has 122 valence electrons. The Morgan fingerprint density at radius 2 is 1.79 bits per heavy atom. The van der Waals surface area contributed by atoms with Gasteiger partial charge < -0.3 is 14.3 Å². The summed E-state index contributed by atoms with van der Waals surface area (Å²) in [5, 5.41) is 9.72. The number of carboxylic acid groups (broad SMARTS) is 1. The smallest absolute Gasteiger partial charge is 0.344 e. The number of aryl methyl sites for hydroxylation is 1. The van der Waals surface area contributed by atoms with Crippen LogP contribution in [-0.2, 0) is 11.2 Å². The molecular formula is C19H16O5. The van der Waals surface area contributed by atoms with Crippen LogP contribution in [0.15, 0.2) is 70.1 Å². The van der Waals surface area contributed by atoms with Crippen LogP contribution in [0.25, 0.3) is 11.0 Å². The fraction of sp³-hybridized carbons (Fsp3) is 0.158. The molecule has 0 aliphatic carbocycles. The monoisotopic (exact) mass is 324 g/mol. The van der Waals surface area contributed by atoms with E-state index in [0.29, 0.717) is 17.4 Å². The number of aliphatic carboxylic acids is 1. The van der Waals surface area contributed by atoms with Gasteiger partial charge in [-0.2, -0.15) is 0 Å². The maximum absolute atomic E-state index is 12.4. The Hall–Kier alpha value is -3.08. The normalized spacial score (nSPS) is 12.0. The third kappa shape index (κ3) is 3.46. The minimum absolute atomic E-state index is 0.0887. The van der Waals surface area contributed by atoms with Gasteiger partial charge in [0, 0.05) is 0 Å². The molecule has 2 aromatic carbocycles. The lowest BCUT2D eigenvalue weighted by Crippen LogP contribution is -2.29. The van der Waals surface area contributed by atoms with Crippen molar-refractivity contribution >= 4 is 16.9 Å². The third-order valence-corrected chi connectivity index (χ3v) is 3.73. The van der Waals surface area contributed by atoms with Crippen molar-refractivity contribution in [2.45, 2.75) is 18.9 Å². The van der Waals surface area contributed by atoms with Gasteiger partial charge in [-0.15, -0.1) is 0 Å². The summed E-state index contributed by atoms with van der Waals surface area (Å²) < 4.78 is 10.8. The van der Waals surface area contributed by atoms with Gasteiger partial charge in [-0.05, 0) is 30.5 Å². The first-order chi connectivity index (χ1) is 11.6. The molecule has 24 heavy (non-hydrogen) atoms. The molecule has 0 saturated heterocycles. The van der Waals surface area contributed by atoms with Crippen LogP contribution >= 0.6 is 0 Å². The summed E-state index contributed by atoms with van der Waals surface area (Å²) in [6.45, 7) is 0. The molecule has 0 amide bonds. The molecule has 1 unspecified atom stereocenters. The minimum atomic E-state index is -1.12. The maximum atomic E-state index is 12.4. The number of hydrogen-bond donors (Lipinski definition) is 1. The molecule has 0 spiro atoms. The van der Waals surface area contributed by atoms with E-state index in [9.17, 15) is 14.7 Å². The molecule has 0 radical (unpaired) electrons. The van der Waals surface area contributed by atoms with E-state index in [1.165, 1.54) is 6.26 Å². The van der Waals surface area contributed by atoms with Crippen LogP contribution in [0, 0.1) is 0 Å². The van der Waals surface area contributed by atoms with E-state index in [1.807, 2.05) is 30.3 Å². The Morgan fingerprint density at radius 3 is 2.54 bits per heavy atom. The van der Waals surface area contributed by atoms with Crippen molar-refractivity contribution in [1.82, 2.24) is 0 Å². The summed E-state index contributed by atoms with van der Waals surface area (Å²) in [7, 11) is 0. The van der Waals surface area contributed by atoms with Crippen molar-refractivity contribution in [2.75, 3.05) is 0 Å². The fourth-order valence-corrected chi connectivity index (χ4v) is 2.47. The number of para-hydroxylation sites is 1. The van der Waals surface area contributed by atoms with Gasteiger partial charge in [0.1, 0.15) is 11.8 Å². The molecule has 1 heterocycles. The van der Waals surface area contributed by atoms with Crippen molar-refractivity contribution in [3.63, 3.8) is 0 Å². The van der Waals surface area contributed by atoms with Crippen LogP contribution in [-0.4, -0.2) is 17.2 Å². The van der Waals surface area contributed by atoms with Crippen molar-refractivity contribution in [3.8, 4) is 5.75 Å². The maximum Gasteiger partial charge on any atom is 0.344 e. The Bertz CT molecular complexity index is 898. The highest BCUT2D eigenvalue weighted by Crippen LogP contribution is 2.17. The van der Waals surface area contributed by atoms with Gasteiger partial charge in [-0.1, -0.05) is 42.5 Å². The van der Waals surface area contributed by atoms with E-state index >= 15 is 0 Å². The molecule has 3 aromatic rings. The molecule has 0 fully saturated rings. The van der Waals surface area contributed by atoms with E-state index in [4.69, 9.17) is 9.15 Å². The van der Waals surface area contributed by atoms with E-state index in [1.54, 1.807) is 24.3 Å². The lowest BCUT2D eigenvalue weighted by Gasteiger charge is -2.14. The summed E-state index contributed by atoms with van der Waals surface area (Å²) in [4.78, 5) is 23.8. The van der Waals surface area contributed by atoms with Gasteiger partial charge in [0.25, 0.3) is 0 Å². The van der Waals surface area contributed by atoms with E-state index in [2.05, 4.69) is 0 Å². The first kappa shape index (κ1) is 15.8. The zero-order valence-corrected chi connectivity index (χ0v) is 12.8. The van der Waals surface area contributed by atoms with Crippen molar-refractivity contribution < 1.29 is 19.1 Å². The zero-order chi connectivity index (χ0) is 16.9. The number of fused-ring (bicyclic) bond motifs is 1. The summed E-state index contributed by atoms with van der Waals surface area (Å²) in [6.07, 6.45) is 0.847. The number of hydrogen-bond acceptors (Lipinski definition) is 4. The van der Waals surface area contributed by atoms with Crippen LogP contribution in [0.2, 0.25) is 0 Å². The van der Waals surface area contributed by atoms with E-state index < -0.39 is 12.1 Å². The predicted molar refractivity (Wildman–Crippen MR) is 89.3 cm³/mol. The lowest BCUT2D eigenvalue weighted by atomic mass is 10.1. The first-order valence-corrected chi connectivity index (χ1v) is 7.59. The Balaban J connectivity index is 1.80. The zero-order valence-electron chi connectivity index (χ0n) is 12.8. The summed E-state index contributed by atoms with van der Waals surface area (Å²) >= 11 is 0. The number of ether oxygens (including phenoxy) is 1. The van der Waals surface area contributed by atoms with Gasteiger partial charge in [-0.3, -0.25) is 4.79 Å². The number of carboxylic acids is 1.